The van der Waals surface area contributed by atoms with Gasteiger partial charge in [0.15, 0.2) is 6.23 Å². The lowest BCUT2D eigenvalue weighted by Crippen LogP contribution is -2.43. The van der Waals surface area contributed by atoms with Gasteiger partial charge in [0.2, 0.25) is 0 Å². The van der Waals surface area contributed by atoms with Crippen molar-refractivity contribution in [2.45, 2.75) is 96.5 Å². The lowest BCUT2D eigenvalue weighted by atomic mass is 9.70. The Labute approximate surface area is 205 Å². The molecule has 2 aliphatic rings. The minimum absolute atomic E-state index is 0.0962. The van der Waals surface area contributed by atoms with Crippen molar-refractivity contribution in [2.24, 2.45) is 0 Å². The van der Waals surface area contributed by atoms with E-state index in [2.05, 4.69) is 70.2 Å². The zero-order valence-electron chi connectivity index (χ0n) is 21.6. The van der Waals surface area contributed by atoms with Crippen molar-refractivity contribution in [3.05, 3.63) is 29.5 Å². The molecule has 34 heavy (non-hydrogen) atoms. The van der Waals surface area contributed by atoms with E-state index in [1.54, 1.807) is 6.20 Å². The Bertz CT molecular complexity index is 1110. The van der Waals surface area contributed by atoms with Gasteiger partial charge in [0, 0.05) is 23.0 Å². The first kappa shape index (κ1) is 25.3. The number of aromatic nitrogens is 2. The number of fused-ring (bicyclic) bond motifs is 2. The Balaban J connectivity index is 1.87. The highest BCUT2D eigenvalue weighted by Gasteiger charge is 2.42. The number of hydrogen-bond donors (Lipinski definition) is 2. The Morgan fingerprint density at radius 2 is 1.82 bits per heavy atom. The predicted octanol–water partition coefficient (Wildman–Crippen LogP) is 4.97. The van der Waals surface area contributed by atoms with Crippen molar-refractivity contribution in [2.75, 3.05) is 6.61 Å². The van der Waals surface area contributed by atoms with Crippen molar-refractivity contribution >= 4 is 37.1 Å². The molecule has 1 saturated heterocycles. The first-order valence-corrected chi connectivity index (χ1v) is 15.2. The summed E-state index contributed by atoms with van der Waals surface area (Å²) in [5.41, 5.74) is 9.85. The molecule has 1 unspecified atom stereocenters. The number of nitrogens with zero attached hydrogens (tertiary/aromatic N) is 2. The summed E-state index contributed by atoms with van der Waals surface area (Å²) in [6, 6.07) is 2.17. The molecule has 0 spiro atoms. The van der Waals surface area contributed by atoms with Gasteiger partial charge in [-0.25, -0.2) is 4.68 Å². The SMILES string of the molecule is CC(C)[Si](C#CC1=CCCc2cc3c(cnn3C3CCCCO3)c(B(O)O)c21)(C(C)C)C(C)C. The van der Waals surface area contributed by atoms with Crippen LogP contribution in [0, 0.1) is 11.5 Å². The molecule has 1 aromatic heterocycles. The van der Waals surface area contributed by atoms with Crippen LogP contribution in [0.25, 0.3) is 16.5 Å². The number of hydrogen-bond acceptors (Lipinski definition) is 4. The Morgan fingerprint density at radius 1 is 1.12 bits per heavy atom. The Morgan fingerprint density at radius 3 is 2.41 bits per heavy atom. The van der Waals surface area contributed by atoms with E-state index in [0.717, 1.165) is 66.3 Å². The lowest BCUT2D eigenvalue weighted by molar-refractivity contribution is -0.0366. The monoisotopic (exact) mass is 478 g/mol. The van der Waals surface area contributed by atoms with Crippen LogP contribution < -0.4 is 5.46 Å². The summed E-state index contributed by atoms with van der Waals surface area (Å²) in [7, 11) is -3.50. The van der Waals surface area contributed by atoms with Crippen LogP contribution in [0.2, 0.25) is 16.6 Å². The maximum atomic E-state index is 10.5. The predicted molar refractivity (Wildman–Crippen MR) is 144 cm³/mol. The minimum Gasteiger partial charge on any atom is -0.423 e. The van der Waals surface area contributed by atoms with Gasteiger partial charge in [0.25, 0.3) is 0 Å². The first-order chi connectivity index (χ1) is 16.2. The highest BCUT2D eigenvalue weighted by Crippen LogP contribution is 2.41. The smallest absolute Gasteiger partial charge is 0.423 e. The minimum atomic E-state index is -1.91. The Kier molecular flexibility index (Phi) is 7.45. The maximum absolute atomic E-state index is 10.5. The van der Waals surface area contributed by atoms with Gasteiger partial charge in [-0.2, -0.15) is 5.10 Å². The van der Waals surface area contributed by atoms with Crippen LogP contribution in [-0.2, 0) is 11.2 Å². The summed E-state index contributed by atoms with van der Waals surface area (Å²) in [6.07, 6.45) is 8.72. The molecule has 0 amide bonds. The third-order valence-corrected chi connectivity index (χ3v) is 14.3. The Hall–Kier alpha value is -1.85. The summed E-state index contributed by atoms with van der Waals surface area (Å²) in [6.45, 7) is 14.6. The summed E-state index contributed by atoms with van der Waals surface area (Å²) >= 11 is 0. The van der Waals surface area contributed by atoms with Crippen LogP contribution in [0.3, 0.4) is 0 Å². The fourth-order valence-corrected chi connectivity index (χ4v) is 11.6. The molecule has 0 bridgehead atoms. The molecule has 4 rings (SSSR count). The largest absolute Gasteiger partial charge is 0.489 e. The number of aryl methyl sites for hydroxylation is 1. The lowest BCUT2D eigenvalue weighted by Gasteiger charge is -2.38. The average Bonchev–Trinajstić information content (AvgIpc) is 3.21. The first-order valence-electron chi connectivity index (χ1n) is 12.9. The maximum Gasteiger partial charge on any atom is 0.489 e. The molecule has 0 saturated carbocycles. The highest BCUT2D eigenvalue weighted by atomic mass is 28.3. The molecule has 2 N–H and O–H groups in total. The number of benzene rings is 1. The number of rotatable bonds is 5. The van der Waals surface area contributed by atoms with Crippen LogP contribution in [0.5, 0.6) is 0 Å². The average molecular weight is 479 g/mol. The normalized spacial score (nSPS) is 18.8. The molecule has 1 atom stereocenters. The molecule has 7 heteroatoms. The molecular formula is C27H39BN2O3Si. The van der Waals surface area contributed by atoms with Crippen molar-refractivity contribution in [3.8, 4) is 11.5 Å². The van der Waals surface area contributed by atoms with E-state index < -0.39 is 15.2 Å². The van der Waals surface area contributed by atoms with Crippen LogP contribution in [0.15, 0.2) is 18.3 Å². The topological polar surface area (TPSA) is 67.5 Å². The molecule has 1 fully saturated rings. The molecule has 1 aromatic carbocycles. The summed E-state index contributed by atoms with van der Waals surface area (Å²) < 4.78 is 7.91. The highest BCUT2D eigenvalue weighted by molar-refractivity contribution is 6.90. The van der Waals surface area contributed by atoms with E-state index >= 15 is 0 Å². The fourth-order valence-electron chi connectivity index (χ4n) is 6.39. The van der Waals surface area contributed by atoms with E-state index in [9.17, 15) is 10.0 Å². The quantitative estimate of drug-likeness (QED) is 0.471. The fraction of sp³-hybridized carbons (Fsp3) is 0.593. The van der Waals surface area contributed by atoms with Gasteiger partial charge in [-0.15, -0.1) is 5.54 Å². The van der Waals surface area contributed by atoms with Gasteiger partial charge in [-0.1, -0.05) is 53.5 Å². The molecule has 0 radical (unpaired) electrons. The molecule has 182 valence electrons. The zero-order chi connectivity index (χ0) is 24.6. The van der Waals surface area contributed by atoms with Crippen LogP contribution in [0.4, 0.5) is 0 Å². The van der Waals surface area contributed by atoms with Crippen LogP contribution in [-0.4, -0.2) is 41.6 Å². The van der Waals surface area contributed by atoms with E-state index in [0.29, 0.717) is 22.1 Å². The zero-order valence-corrected chi connectivity index (χ0v) is 22.6. The number of ether oxygens (including phenoxy) is 1. The van der Waals surface area contributed by atoms with E-state index in [1.165, 1.54) is 0 Å². The second-order valence-electron chi connectivity index (χ2n) is 10.8. The van der Waals surface area contributed by atoms with Crippen LogP contribution >= 0.6 is 0 Å². The van der Waals surface area contributed by atoms with Gasteiger partial charge in [-0.3, -0.25) is 0 Å². The molecule has 5 nitrogen and oxygen atoms in total. The number of allylic oxidation sites excluding steroid dienone is 2. The van der Waals surface area contributed by atoms with Gasteiger partial charge in [0.1, 0.15) is 8.07 Å². The van der Waals surface area contributed by atoms with E-state index in [1.807, 2.05) is 4.68 Å². The van der Waals surface area contributed by atoms with Crippen molar-refractivity contribution in [1.82, 2.24) is 9.78 Å². The molecule has 2 aromatic rings. The van der Waals surface area contributed by atoms with Gasteiger partial charge < -0.3 is 14.8 Å². The van der Waals surface area contributed by atoms with Crippen molar-refractivity contribution in [3.63, 3.8) is 0 Å². The third-order valence-electron chi connectivity index (χ3n) is 8.02. The van der Waals surface area contributed by atoms with Gasteiger partial charge in [0.05, 0.1) is 11.7 Å². The molecule has 2 heterocycles. The van der Waals surface area contributed by atoms with E-state index in [4.69, 9.17) is 4.74 Å². The standard InChI is InChI=1S/C27H39BN2O3Si/c1-18(2)34(19(3)4,20(5)6)15-13-21-10-9-11-22-16-24-23(27(26(21)22)28(31)32)17-29-30(24)25-12-7-8-14-33-25/h10,16-20,25,31-32H,7-9,11-12,14H2,1-6H3. The van der Waals surface area contributed by atoms with Crippen LogP contribution in [0.1, 0.15) is 84.6 Å². The van der Waals surface area contributed by atoms with Gasteiger partial charge >= 0.3 is 7.12 Å². The summed E-state index contributed by atoms with van der Waals surface area (Å²) in [5, 5.41) is 26.5. The van der Waals surface area contributed by atoms with E-state index in [-0.39, 0.29) is 6.23 Å². The molecule has 1 aliphatic carbocycles. The molecular weight excluding hydrogens is 439 g/mol. The third kappa shape index (κ3) is 4.30. The molecule has 1 aliphatic heterocycles. The second-order valence-corrected chi connectivity index (χ2v) is 16.4. The summed E-state index contributed by atoms with van der Waals surface area (Å²) in [5.74, 6) is 3.59. The van der Waals surface area contributed by atoms with Crippen molar-refractivity contribution < 1.29 is 14.8 Å². The second kappa shape index (κ2) is 10.0. The van der Waals surface area contributed by atoms with Crippen molar-refractivity contribution in [1.29, 1.82) is 0 Å². The van der Waals surface area contributed by atoms with Gasteiger partial charge in [-0.05, 0) is 65.9 Å². The summed E-state index contributed by atoms with van der Waals surface area (Å²) in [4.78, 5) is 0.